The number of hydrogen-bond acceptors (Lipinski definition) is 4. The molecule has 0 radical (unpaired) electrons. The summed E-state index contributed by atoms with van der Waals surface area (Å²) in [6.07, 6.45) is 9.63. The fourth-order valence-corrected chi connectivity index (χ4v) is 2.18. The summed E-state index contributed by atoms with van der Waals surface area (Å²) in [6, 6.07) is 6.37. The van der Waals surface area contributed by atoms with Gasteiger partial charge < -0.3 is 10.1 Å². The molecule has 0 aliphatic heterocycles. The summed E-state index contributed by atoms with van der Waals surface area (Å²) in [4.78, 5) is 36.7. The summed E-state index contributed by atoms with van der Waals surface area (Å²) in [5, 5.41) is 2.39. The summed E-state index contributed by atoms with van der Waals surface area (Å²) < 4.78 is 5.57. The van der Waals surface area contributed by atoms with Crippen LogP contribution in [0, 0.1) is 12.3 Å². The molecule has 5 heteroatoms. The predicted octanol–water partition coefficient (Wildman–Crippen LogP) is 2.52. The zero-order chi connectivity index (χ0) is 17.7. The number of ether oxygens (including phenoxy) is 1. The minimum absolute atomic E-state index is 0.181. The average Bonchev–Trinajstić information content (AvgIpc) is 2.58. The summed E-state index contributed by atoms with van der Waals surface area (Å²) in [6.45, 7) is 2.94. The lowest BCUT2D eigenvalue weighted by Crippen LogP contribution is -2.33. The molecule has 24 heavy (non-hydrogen) atoms. The van der Waals surface area contributed by atoms with E-state index in [4.69, 9.17) is 11.2 Å². The van der Waals surface area contributed by atoms with Crippen LogP contribution in [0.1, 0.15) is 34.6 Å². The number of carbonyl (C=O) groups is 3. The molecule has 1 aliphatic carbocycles. The van der Waals surface area contributed by atoms with Crippen molar-refractivity contribution in [3.8, 4) is 12.3 Å². The van der Waals surface area contributed by atoms with E-state index in [9.17, 15) is 14.4 Å². The number of allylic oxidation sites excluding steroid dienone is 5. The summed E-state index contributed by atoms with van der Waals surface area (Å²) >= 11 is 0. The van der Waals surface area contributed by atoms with Crippen LogP contribution in [-0.4, -0.2) is 17.5 Å². The Morgan fingerprint density at radius 3 is 2.38 bits per heavy atom. The van der Waals surface area contributed by atoms with E-state index in [1.54, 1.807) is 25.1 Å². The minimum atomic E-state index is -0.484. The largest absolute Gasteiger partial charge is 0.451 e. The number of benzene rings is 1. The van der Waals surface area contributed by atoms with E-state index in [1.807, 2.05) is 0 Å². The number of terminal acetylenes is 1. The molecule has 1 aliphatic rings. The number of Topliss-reactive ketones (excluding diaryl/α,β-unsaturated/α-hetero) is 2. The van der Waals surface area contributed by atoms with Gasteiger partial charge in [0.25, 0.3) is 0 Å². The predicted molar refractivity (Wildman–Crippen MR) is 88.8 cm³/mol. The summed E-state index contributed by atoms with van der Waals surface area (Å²) in [5.74, 6) is 0.918. The Morgan fingerprint density at radius 1 is 1.21 bits per heavy atom. The molecule has 0 fully saturated rings. The number of nitrogens with one attached hydrogen (secondary N) is 1. The molecule has 0 saturated heterocycles. The van der Waals surface area contributed by atoms with E-state index in [0.29, 0.717) is 0 Å². The Kier molecular flexibility index (Phi) is 5.13. The minimum Gasteiger partial charge on any atom is -0.451 e. The first kappa shape index (κ1) is 17.0. The Labute approximate surface area is 139 Å². The third-order valence-electron chi connectivity index (χ3n) is 3.23. The molecule has 1 N–H and O–H groups in total. The van der Waals surface area contributed by atoms with Gasteiger partial charge in [0.15, 0.2) is 0 Å². The Balaban J connectivity index is 2.55. The second-order valence-corrected chi connectivity index (χ2v) is 4.88. The first-order valence-corrected chi connectivity index (χ1v) is 7.16. The molecule has 2 rings (SSSR count). The molecule has 0 atom stereocenters. The van der Waals surface area contributed by atoms with Crippen LogP contribution in [0.3, 0.4) is 0 Å². The van der Waals surface area contributed by atoms with Gasteiger partial charge in [0, 0.05) is 18.1 Å². The van der Waals surface area contributed by atoms with Gasteiger partial charge in [-0.15, -0.1) is 6.42 Å². The van der Waals surface area contributed by atoms with E-state index in [0.717, 1.165) is 0 Å². The van der Waals surface area contributed by atoms with Crippen molar-refractivity contribution in [1.29, 1.82) is 0 Å². The first-order chi connectivity index (χ1) is 11.5. The molecule has 120 valence electrons. The number of hydrogen-bond donors (Lipinski definition) is 1. The van der Waals surface area contributed by atoms with Crippen LogP contribution in [-0.2, 0) is 9.53 Å². The van der Waals surface area contributed by atoms with Crippen LogP contribution in [0.25, 0.3) is 0 Å². The van der Waals surface area contributed by atoms with Gasteiger partial charge in [-0.3, -0.25) is 14.4 Å². The van der Waals surface area contributed by atoms with Crippen molar-refractivity contribution in [3.63, 3.8) is 0 Å². The van der Waals surface area contributed by atoms with Crippen molar-refractivity contribution in [3.05, 3.63) is 70.8 Å². The van der Waals surface area contributed by atoms with Crippen LogP contribution >= 0.6 is 0 Å². The molecule has 0 aromatic heterocycles. The molecular formula is C19H15NO4. The highest BCUT2D eigenvalue weighted by Gasteiger charge is 2.34. The average molecular weight is 321 g/mol. The van der Waals surface area contributed by atoms with Crippen LogP contribution in [0.15, 0.2) is 59.7 Å². The van der Waals surface area contributed by atoms with E-state index in [2.05, 4.69) is 11.2 Å². The van der Waals surface area contributed by atoms with Crippen LogP contribution < -0.4 is 5.32 Å². The third-order valence-corrected chi connectivity index (χ3v) is 3.23. The quantitative estimate of drug-likeness (QED) is 0.525. The smallest absolute Gasteiger partial charge is 0.231 e. The molecular weight excluding hydrogens is 306 g/mol. The standard InChI is InChI=1S/C19H15NO4/c1-4-6-9-13(5-2)24-19-16(20-12(3)21)17(22)14-10-7-8-11-15(14)18(19)23/h1,5-11H,2-3H3,(H,20,21)/b9-6-,13-5+. The normalized spacial score (nSPS) is 14.5. The van der Waals surface area contributed by atoms with Gasteiger partial charge in [-0.1, -0.05) is 30.2 Å². The van der Waals surface area contributed by atoms with E-state index in [-0.39, 0.29) is 28.3 Å². The van der Waals surface area contributed by atoms with Gasteiger partial charge >= 0.3 is 0 Å². The molecule has 1 amide bonds. The van der Waals surface area contributed by atoms with Crippen molar-refractivity contribution in [2.45, 2.75) is 13.8 Å². The number of fused-ring (bicyclic) bond motifs is 1. The first-order valence-electron chi connectivity index (χ1n) is 7.16. The maximum absolute atomic E-state index is 12.7. The highest BCUT2D eigenvalue weighted by Crippen LogP contribution is 2.27. The van der Waals surface area contributed by atoms with Crippen molar-refractivity contribution in [2.75, 3.05) is 0 Å². The lowest BCUT2D eigenvalue weighted by Gasteiger charge is -2.21. The maximum atomic E-state index is 12.7. The van der Waals surface area contributed by atoms with Gasteiger partial charge in [-0.2, -0.15) is 0 Å². The lowest BCUT2D eigenvalue weighted by atomic mass is 9.91. The second-order valence-electron chi connectivity index (χ2n) is 4.88. The van der Waals surface area contributed by atoms with Gasteiger partial charge in [-0.25, -0.2) is 0 Å². The highest BCUT2D eigenvalue weighted by molar-refractivity contribution is 6.26. The number of ketones is 2. The molecule has 1 aromatic rings. The van der Waals surface area contributed by atoms with Crippen molar-refractivity contribution in [2.24, 2.45) is 0 Å². The number of rotatable bonds is 4. The fourth-order valence-electron chi connectivity index (χ4n) is 2.18. The third kappa shape index (κ3) is 3.33. The van der Waals surface area contributed by atoms with Gasteiger partial charge in [0.05, 0.1) is 0 Å². The SMILES string of the molecule is C#C/C=C\C(=C/C)OC1=C(NC(C)=O)C(=O)c2ccccc2C1=O. The molecule has 5 nitrogen and oxygen atoms in total. The van der Waals surface area contributed by atoms with Gasteiger partial charge in [0.2, 0.25) is 23.2 Å². The highest BCUT2D eigenvalue weighted by atomic mass is 16.5. The molecule has 0 unspecified atom stereocenters. The lowest BCUT2D eigenvalue weighted by molar-refractivity contribution is -0.118. The molecule has 0 bridgehead atoms. The fraction of sp³-hybridized carbons (Fsp3) is 0.105. The zero-order valence-corrected chi connectivity index (χ0v) is 13.3. The van der Waals surface area contributed by atoms with Gasteiger partial charge in [-0.05, 0) is 25.2 Å². The van der Waals surface area contributed by atoms with E-state index < -0.39 is 17.5 Å². The molecule has 0 heterocycles. The second kappa shape index (κ2) is 7.25. The Morgan fingerprint density at radius 2 is 1.83 bits per heavy atom. The van der Waals surface area contributed by atoms with E-state index >= 15 is 0 Å². The number of amides is 1. The van der Waals surface area contributed by atoms with Crippen LogP contribution in [0.4, 0.5) is 0 Å². The van der Waals surface area contributed by atoms with Crippen molar-refractivity contribution >= 4 is 17.5 Å². The van der Waals surface area contributed by atoms with E-state index in [1.165, 1.54) is 31.2 Å². The molecule has 0 spiro atoms. The Bertz CT molecular complexity index is 850. The van der Waals surface area contributed by atoms with Crippen molar-refractivity contribution in [1.82, 2.24) is 5.32 Å². The Hall–Kier alpha value is -3.39. The van der Waals surface area contributed by atoms with Crippen molar-refractivity contribution < 1.29 is 19.1 Å². The maximum Gasteiger partial charge on any atom is 0.231 e. The monoisotopic (exact) mass is 321 g/mol. The zero-order valence-electron chi connectivity index (χ0n) is 13.3. The topological polar surface area (TPSA) is 72.5 Å². The van der Waals surface area contributed by atoms with Gasteiger partial charge in [0.1, 0.15) is 11.5 Å². The number of carbonyl (C=O) groups excluding carboxylic acids is 3. The summed E-state index contributed by atoms with van der Waals surface area (Å²) in [7, 11) is 0. The van der Waals surface area contributed by atoms with Crippen LogP contribution in [0.2, 0.25) is 0 Å². The van der Waals surface area contributed by atoms with Crippen LogP contribution in [0.5, 0.6) is 0 Å². The molecule has 0 saturated carbocycles. The summed E-state index contributed by atoms with van der Waals surface area (Å²) in [5.41, 5.74) is 0.266. The molecule has 1 aromatic carbocycles.